The van der Waals surface area contributed by atoms with Crippen LogP contribution in [0, 0.1) is 0 Å². The van der Waals surface area contributed by atoms with Crippen LogP contribution < -0.4 is 5.32 Å². The van der Waals surface area contributed by atoms with Gasteiger partial charge in [-0.3, -0.25) is 9.59 Å². The zero-order valence-electron chi connectivity index (χ0n) is 54.9. The molecule has 0 saturated carbocycles. The van der Waals surface area contributed by atoms with Crippen LogP contribution in [0.1, 0.15) is 438 Å². The third kappa shape index (κ3) is 66.0. The molecule has 0 aromatic carbocycles. The molecule has 0 aliphatic carbocycles. The van der Waals surface area contributed by atoms with Gasteiger partial charge in [0, 0.05) is 12.8 Å². The summed E-state index contributed by atoms with van der Waals surface area (Å²) >= 11 is 0. The van der Waals surface area contributed by atoms with Crippen molar-refractivity contribution in [1.29, 1.82) is 0 Å². The summed E-state index contributed by atoms with van der Waals surface area (Å²) in [5.74, 6) is -0.000612. The number of hydrogen-bond acceptors (Lipinski definition) is 5. The maximum absolute atomic E-state index is 12.5. The van der Waals surface area contributed by atoms with Crippen molar-refractivity contribution < 1.29 is 24.5 Å². The Morgan fingerprint density at radius 3 is 0.762 bits per heavy atom. The zero-order chi connectivity index (χ0) is 57.8. The van der Waals surface area contributed by atoms with Crippen molar-refractivity contribution in [3.63, 3.8) is 0 Å². The van der Waals surface area contributed by atoms with Gasteiger partial charge in [-0.2, -0.15) is 0 Å². The zero-order valence-corrected chi connectivity index (χ0v) is 54.9. The summed E-state index contributed by atoms with van der Waals surface area (Å²) in [7, 11) is 0. The quantitative estimate of drug-likeness (QED) is 0.0417. The molecule has 2 atom stereocenters. The highest BCUT2D eigenvalue weighted by Gasteiger charge is 2.20. The van der Waals surface area contributed by atoms with E-state index in [1.807, 2.05) is 0 Å². The molecule has 0 rings (SSSR count). The average molecular weight is 1130 g/mol. The van der Waals surface area contributed by atoms with Crippen LogP contribution in [0.2, 0.25) is 0 Å². The van der Waals surface area contributed by atoms with Gasteiger partial charge in [0.1, 0.15) is 0 Å². The van der Waals surface area contributed by atoms with Crippen LogP contribution in [0.3, 0.4) is 0 Å². The molecule has 0 aliphatic heterocycles. The lowest BCUT2D eigenvalue weighted by atomic mass is 10.0. The Balaban J connectivity index is 3.27. The molecule has 0 aliphatic rings. The van der Waals surface area contributed by atoms with Crippen molar-refractivity contribution >= 4 is 11.9 Å². The van der Waals surface area contributed by atoms with Gasteiger partial charge in [0.15, 0.2) is 0 Å². The first-order chi connectivity index (χ1) is 39.5. The fraction of sp³-hybridized carbons (Fsp3) is 0.973. The van der Waals surface area contributed by atoms with Crippen LogP contribution in [-0.4, -0.2) is 47.4 Å². The van der Waals surface area contributed by atoms with Crippen molar-refractivity contribution in [2.75, 3.05) is 13.2 Å². The maximum atomic E-state index is 12.5. The second-order valence-electron chi connectivity index (χ2n) is 26.0. The molecule has 0 radical (unpaired) electrons. The minimum Gasteiger partial charge on any atom is -0.466 e. The standard InChI is InChI=1S/C74H147NO5/c1-3-5-7-9-11-13-15-17-18-19-34-38-41-44-48-52-56-60-64-68-74(79)80-69-65-61-57-53-49-45-42-39-36-33-31-29-27-25-23-21-20-22-24-26-28-30-32-35-37-40-43-47-51-55-59-63-67-73(78)75-71(70-76)72(77)66-62-58-54-50-46-16-14-12-10-8-6-4-2/h71-72,76-77H,3-70H2,1-2H3,(H,75,78). The summed E-state index contributed by atoms with van der Waals surface area (Å²) in [6.45, 7) is 5.00. The van der Waals surface area contributed by atoms with E-state index in [1.54, 1.807) is 0 Å². The summed E-state index contributed by atoms with van der Waals surface area (Å²) in [5.41, 5.74) is 0. The van der Waals surface area contributed by atoms with E-state index in [9.17, 15) is 19.8 Å². The predicted octanol–water partition coefficient (Wildman–Crippen LogP) is 24.2. The number of hydrogen-bond donors (Lipinski definition) is 3. The predicted molar refractivity (Wildman–Crippen MR) is 352 cm³/mol. The van der Waals surface area contributed by atoms with Gasteiger partial charge in [-0.1, -0.05) is 399 Å². The number of aliphatic hydroxyl groups excluding tert-OH is 2. The van der Waals surface area contributed by atoms with Crippen molar-refractivity contribution in [1.82, 2.24) is 5.32 Å². The third-order valence-corrected chi connectivity index (χ3v) is 17.9. The smallest absolute Gasteiger partial charge is 0.305 e. The van der Waals surface area contributed by atoms with E-state index in [0.29, 0.717) is 25.9 Å². The molecule has 0 aromatic heterocycles. The number of ether oxygens (including phenoxy) is 1. The highest BCUT2D eigenvalue weighted by Crippen LogP contribution is 2.20. The number of esters is 1. The van der Waals surface area contributed by atoms with E-state index >= 15 is 0 Å². The second kappa shape index (κ2) is 70.3. The van der Waals surface area contributed by atoms with E-state index in [1.165, 1.54) is 366 Å². The molecule has 0 aromatic rings. The first kappa shape index (κ1) is 78.9. The summed E-state index contributed by atoms with van der Waals surface area (Å²) < 4.78 is 5.52. The number of amides is 1. The SMILES string of the molecule is CCCCCCCCCCCCCCCCCCCCCC(=O)OCCCCCCCCCCCCCCCCCCCCCCCCCCCCCCCCCCC(=O)NC(CO)C(O)CCCCCCCCCCCCCC. The number of aliphatic hydroxyl groups is 2. The van der Waals surface area contributed by atoms with Crippen LogP contribution in [-0.2, 0) is 14.3 Å². The fourth-order valence-electron chi connectivity index (χ4n) is 12.2. The minimum absolute atomic E-state index is 0.0273. The van der Waals surface area contributed by atoms with Gasteiger partial charge in [0.25, 0.3) is 0 Å². The largest absolute Gasteiger partial charge is 0.466 e. The Labute approximate surface area is 502 Å². The Hall–Kier alpha value is -1.14. The monoisotopic (exact) mass is 1130 g/mol. The fourth-order valence-corrected chi connectivity index (χ4v) is 12.2. The molecule has 478 valence electrons. The van der Waals surface area contributed by atoms with E-state index in [4.69, 9.17) is 4.74 Å². The number of nitrogens with one attached hydrogen (secondary N) is 1. The Kier molecular flexibility index (Phi) is 69.3. The van der Waals surface area contributed by atoms with Crippen LogP contribution in [0.15, 0.2) is 0 Å². The average Bonchev–Trinajstić information content (AvgIpc) is 3.46. The molecule has 0 bridgehead atoms. The Morgan fingerprint density at radius 2 is 0.512 bits per heavy atom. The van der Waals surface area contributed by atoms with Crippen LogP contribution >= 0.6 is 0 Å². The normalized spacial score (nSPS) is 12.4. The maximum Gasteiger partial charge on any atom is 0.305 e. The van der Waals surface area contributed by atoms with E-state index in [-0.39, 0.29) is 18.5 Å². The molecule has 3 N–H and O–H groups in total. The first-order valence-corrected chi connectivity index (χ1v) is 37.3. The molecule has 0 spiro atoms. The third-order valence-electron chi connectivity index (χ3n) is 17.9. The van der Waals surface area contributed by atoms with E-state index in [2.05, 4.69) is 19.2 Å². The van der Waals surface area contributed by atoms with E-state index < -0.39 is 12.1 Å². The summed E-state index contributed by atoms with van der Waals surface area (Å²) in [6.07, 6.45) is 86.1. The summed E-state index contributed by atoms with van der Waals surface area (Å²) in [5, 5.41) is 23.3. The highest BCUT2D eigenvalue weighted by molar-refractivity contribution is 5.76. The van der Waals surface area contributed by atoms with Crippen LogP contribution in [0.5, 0.6) is 0 Å². The lowest BCUT2D eigenvalue weighted by Crippen LogP contribution is -2.45. The van der Waals surface area contributed by atoms with Crippen LogP contribution in [0.4, 0.5) is 0 Å². The van der Waals surface area contributed by atoms with Gasteiger partial charge < -0.3 is 20.3 Å². The summed E-state index contributed by atoms with van der Waals surface area (Å²) in [6, 6.07) is -0.536. The van der Waals surface area contributed by atoms with E-state index in [0.717, 1.165) is 38.5 Å². The Bertz CT molecular complexity index is 1160. The minimum atomic E-state index is -0.659. The molecule has 2 unspecified atom stereocenters. The van der Waals surface area contributed by atoms with Crippen molar-refractivity contribution in [2.45, 2.75) is 450 Å². The first-order valence-electron chi connectivity index (χ1n) is 37.3. The molecule has 0 saturated heterocycles. The molecule has 0 fully saturated rings. The topological polar surface area (TPSA) is 95.9 Å². The number of carbonyl (C=O) groups excluding carboxylic acids is 2. The van der Waals surface area contributed by atoms with Gasteiger partial charge >= 0.3 is 5.97 Å². The molecular formula is C74H147NO5. The van der Waals surface area contributed by atoms with Gasteiger partial charge in [0.2, 0.25) is 5.91 Å². The number of carbonyl (C=O) groups is 2. The Morgan fingerprint density at radius 1 is 0.300 bits per heavy atom. The second-order valence-corrected chi connectivity index (χ2v) is 26.0. The number of unbranched alkanes of at least 4 members (excludes halogenated alkanes) is 60. The van der Waals surface area contributed by atoms with Crippen molar-refractivity contribution in [3.8, 4) is 0 Å². The molecule has 6 heteroatoms. The molecule has 1 amide bonds. The van der Waals surface area contributed by atoms with Gasteiger partial charge in [-0.05, 0) is 25.7 Å². The van der Waals surface area contributed by atoms with Crippen molar-refractivity contribution in [3.05, 3.63) is 0 Å². The molecule has 6 nitrogen and oxygen atoms in total. The van der Waals surface area contributed by atoms with Gasteiger partial charge in [-0.15, -0.1) is 0 Å². The van der Waals surface area contributed by atoms with Crippen molar-refractivity contribution in [2.24, 2.45) is 0 Å². The number of rotatable bonds is 71. The lowest BCUT2D eigenvalue weighted by molar-refractivity contribution is -0.143. The molecule has 80 heavy (non-hydrogen) atoms. The van der Waals surface area contributed by atoms with Crippen LogP contribution in [0.25, 0.3) is 0 Å². The van der Waals surface area contributed by atoms with Gasteiger partial charge in [-0.25, -0.2) is 0 Å². The summed E-state index contributed by atoms with van der Waals surface area (Å²) in [4.78, 5) is 24.6. The lowest BCUT2D eigenvalue weighted by Gasteiger charge is -2.22. The highest BCUT2D eigenvalue weighted by atomic mass is 16.5. The molecular weight excluding hydrogens is 983 g/mol. The van der Waals surface area contributed by atoms with Gasteiger partial charge in [0.05, 0.1) is 25.4 Å². The molecule has 0 heterocycles.